The molecule has 6 nitrogen and oxygen atoms in total. The van der Waals surface area contributed by atoms with E-state index in [1.165, 1.54) is 14.7 Å². The van der Waals surface area contributed by atoms with Crippen LogP contribution in [0.25, 0.3) is 10.9 Å². The maximum atomic E-state index is 13.0. The molecule has 1 aromatic heterocycles. The smallest absolute Gasteiger partial charge is 0.331 e. The number of amides is 1. The van der Waals surface area contributed by atoms with E-state index in [9.17, 15) is 14.4 Å². The van der Waals surface area contributed by atoms with Crippen LogP contribution in [0.5, 0.6) is 0 Å². The molecule has 0 fully saturated rings. The van der Waals surface area contributed by atoms with Gasteiger partial charge in [0.05, 0.1) is 16.9 Å². The summed E-state index contributed by atoms with van der Waals surface area (Å²) in [6, 6.07) is 15.1. The standard InChI is InChI=1S/C26H33N3O3/c1-6-18(5)19-12-14-20(15-13-19)24(17(3)4)27-23(30)16-29-22-11-9-8-10-21(22)25(31)28(7-2)26(29)32/h8-15,17-18,24H,6-7,16H2,1-5H3,(H,27,30). The van der Waals surface area contributed by atoms with Gasteiger partial charge in [0.25, 0.3) is 5.56 Å². The highest BCUT2D eigenvalue weighted by molar-refractivity contribution is 5.81. The van der Waals surface area contributed by atoms with Gasteiger partial charge in [0.1, 0.15) is 6.54 Å². The lowest BCUT2D eigenvalue weighted by atomic mass is 9.92. The minimum atomic E-state index is -0.467. The van der Waals surface area contributed by atoms with E-state index in [-0.39, 0.29) is 36.5 Å². The lowest BCUT2D eigenvalue weighted by Gasteiger charge is -2.24. The van der Waals surface area contributed by atoms with Gasteiger partial charge in [-0.25, -0.2) is 4.79 Å². The molecule has 0 spiro atoms. The first-order valence-corrected chi connectivity index (χ1v) is 11.4. The van der Waals surface area contributed by atoms with Crippen molar-refractivity contribution in [2.24, 2.45) is 5.92 Å². The molecule has 1 heterocycles. The van der Waals surface area contributed by atoms with Crippen molar-refractivity contribution in [1.29, 1.82) is 0 Å². The Hall–Kier alpha value is -3.15. The maximum absolute atomic E-state index is 13.0. The third kappa shape index (κ3) is 4.69. The number of hydrogen-bond acceptors (Lipinski definition) is 3. The molecule has 170 valence electrons. The Morgan fingerprint density at radius 2 is 1.53 bits per heavy atom. The third-order valence-electron chi connectivity index (χ3n) is 6.21. The van der Waals surface area contributed by atoms with Crippen molar-refractivity contribution in [2.75, 3.05) is 0 Å². The largest absolute Gasteiger partial charge is 0.347 e. The molecule has 1 N–H and O–H groups in total. The fraction of sp³-hybridized carbons (Fsp3) is 0.423. The SMILES string of the molecule is CCC(C)c1ccc(C(NC(=O)Cn2c(=O)n(CC)c(=O)c3ccccc32)C(C)C)cc1. The summed E-state index contributed by atoms with van der Waals surface area (Å²) in [6.45, 7) is 10.4. The third-order valence-corrected chi connectivity index (χ3v) is 6.21. The van der Waals surface area contributed by atoms with Crippen LogP contribution < -0.4 is 16.6 Å². The summed E-state index contributed by atoms with van der Waals surface area (Å²) >= 11 is 0. The van der Waals surface area contributed by atoms with Crippen LogP contribution >= 0.6 is 0 Å². The summed E-state index contributed by atoms with van der Waals surface area (Å²) in [4.78, 5) is 38.6. The first-order valence-electron chi connectivity index (χ1n) is 11.4. The minimum Gasteiger partial charge on any atom is -0.347 e. The van der Waals surface area contributed by atoms with E-state index in [1.54, 1.807) is 31.2 Å². The van der Waals surface area contributed by atoms with Crippen molar-refractivity contribution in [2.45, 2.75) is 66.1 Å². The molecule has 0 saturated carbocycles. The van der Waals surface area contributed by atoms with E-state index in [0.717, 1.165) is 12.0 Å². The van der Waals surface area contributed by atoms with Gasteiger partial charge in [-0.15, -0.1) is 0 Å². The molecule has 32 heavy (non-hydrogen) atoms. The normalized spacial score (nSPS) is 13.3. The van der Waals surface area contributed by atoms with Crippen molar-refractivity contribution in [3.8, 4) is 0 Å². The van der Waals surface area contributed by atoms with E-state index in [1.807, 2.05) is 0 Å². The summed E-state index contributed by atoms with van der Waals surface area (Å²) in [7, 11) is 0. The van der Waals surface area contributed by atoms with Crippen LogP contribution in [-0.4, -0.2) is 15.0 Å². The van der Waals surface area contributed by atoms with Crippen molar-refractivity contribution >= 4 is 16.8 Å². The van der Waals surface area contributed by atoms with Gasteiger partial charge in [0.2, 0.25) is 5.91 Å². The van der Waals surface area contributed by atoms with Gasteiger partial charge >= 0.3 is 5.69 Å². The number of nitrogens with zero attached hydrogens (tertiary/aromatic N) is 2. The second-order valence-corrected chi connectivity index (χ2v) is 8.70. The second-order valence-electron chi connectivity index (χ2n) is 8.70. The Morgan fingerprint density at radius 3 is 2.12 bits per heavy atom. The first-order chi connectivity index (χ1) is 15.3. The van der Waals surface area contributed by atoms with Crippen LogP contribution in [0.1, 0.15) is 64.1 Å². The van der Waals surface area contributed by atoms with E-state index >= 15 is 0 Å². The molecule has 2 aromatic carbocycles. The number of carbonyl (C=O) groups is 1. The van der Waals surface area contributed by atoms with E-state index < -0.39 is 5.69 Å². The average molecular weight is 436 g/mol. The van der Waals surface area contributed by atoms with Crippen LogP contribution in [0.15, 0.2) is 58.1 Å². The molecule has 0 aliphatic heterocycles. The molecule has 0 radical (unpaired) electrons. The number of fused-ring (bicyclic) bond motifs is 1. The second kappa shape index (κ2) is 9.98. The highest BCUT2D eigenvalue weighted by atomic mass is 16.2. The number of benzene rings is 2. The number of para-hydroxylation sites is 1. The lowest BCUT2D eigenvalue weighted by Crippen LogP contribution is -2.43. The van der Waals surface area contributed by atoms with E-state index in [4.69, 9.17) is 0 Å². The molecule has 1 amide bonds. The van der Waals surface area contributed by atoms with Crippen LogP contribution in [-0.2, 0) is 17.9 Å². The van der Waals surface area contributed by atoms with Crippen LogP contribution in [0.2, 0.25) is 0 Å². The fourth-order valence-electron chi connectivity index (χ4n) is 4.07. The number of hydrogen-bond donors (Lipinski definition) is 1. The Kier molecular flexibility index (Phi) is 7.33. The Balaban J connectivity index is 1.91. The van der Waals surface area contributed by atoms with Crippen molar-refractivity contribution in [3.05, 3.63) is 80.5 Å². The molecule has 0 saturated heterocycles. The van der Waals surface area contributed by atoms with Gasteiger partial charge in [-0.05, 0) is 48.4 Å². The molecule has 0 aliphatic carbocycles. The first kappa shape index (κ1) is 23.5. The summed E-state index contributed by atoms with van der Waals surface area (Å²) in [5.41, 5.74) is 2.00. The zero-order chi connectivity index (χ0) is 23.4. The zero-order valence-electron chi connectivity index (χ0n) is 19.6. The maximum Gasteiger partial charge on any atom is 0.331 e. The van der Waals surface area contributed by atoms with Gasteiger partial charge < -0.3 is 5.32 Å². The molecule has 2 atom stereocenters. The van der Waals surface area contributed by atoms with Gasteiger partial charge in [-0.3, -0.25) is 18.7 Å². The van der Waals surface area contributed by atoms with Crippen LogP contribution in [0.4, 0.5) is 0 Å². The highest BCUT2D eigenvalue weighted by Crippen LogP contribution is 2.25. The number of aromatic nitrogens is 2. The number of nitrogens with one attached hydrogen (secondary N) is 1. The average Bonchev–Trinajstić information content (AvgIpc) is 2.80. The van der Waals surface area contributed by atoms with Gasteiger partial charge in [-0.1, -0.05) is 64.1 Å². The monoisotopic (exact) mass is 435 g/mol. The molecular formula is C26H33N3O3. The summed E-state index contributed by atoms with van der Waals surface area (Å²) < 4.78 is 2.56. The highest BCUT2D eigenvalue weighted by Gasteiger charge is 2.20. The van der Waals surface area contributed by atoms with Crippen molar-refractivity contribution in [1.82, 2.24) is 14.5 Å². The lowest BCUT2D eigenvalue weighted by molar-refractivity contribution is -0.122. The van der Waals surface area contributed by atoms with Gasteiger partial charge in [0.15, 0.2) is 0 Å². The summed E-state index contributed by atoms with van der Waals surface area (Å²) in [5.74, 6) is 0.403. The minimum absolute atomic E-state index is 0.145. The Labute approximate surface area is 188 Å². The predicted octanol–water partition coefficient (Wildman–Crippen LogP) is 4.21. The van der Waals surface area contributed by atoms with E-state index in [2.05, 4.69) is 57.3 Å². The topological polar surface area (TPSA) is 73.1 Å². The molecule has 3 aromatic rings. The summed E-state index contributed by atoms with van der Waals surface area (Å²) in [6.07, 6.45) is 1.08. The van der Waals surface area contributed by atoms with Crippen molar-refractivity contribution in [3.63, 3.8) is 0 Å². The van der Waals surface area contributed by atoms with Gasteiger partial charge in [-0.2, -0.15) is 0 Å². The van der Waals surface area contributed by atoms with Crippen molar-refractivity contribution < 1.29 is 4.79 Å². The number of rotatable bonds is 8. The number of carbonyl (C=O) groups excluding carboxylic acids is 1. The molecule has 6 heteroatoms. The molecule has 0 aliphatic rings. The predicted molar refractivity (Wildman–Crippen MR) is 129 cm³/mol. The zero-order valence-corrected chi connectivity index (χ0v) is 19.6. The van der Waals surface area contributed by atoms with E-state index in [0.29, 0.717) is 16.8 Å². The molecule has 0 bridgehead atoms. The van der Waals surface area contributed by atoms with Crippen LogP contribution in [0, 0.1) is 5.92 Å². The quantitative estimate of drug-likeness (QED) is 0.576. The molecular weight excluding hydrogens is 402 g/mol. The molecule has 2 unspecified atom stereocenters. The Morgan fingerprint density at radius 1 is 0.906 bits per heavy atom. The molecule has 3 rings (SSSR count). The summed E-state index contributed by atoms with van der Waals surface area (Å²) in [5, 5.41) is 3.54. The van der Waals surface area contributed by atoms with Gasteiger partial charge in [0, 0.05) is 6.54 Å². The fourth-order valence-corrected chi connectivity index (χ4v) is 4.07. The van der Waals surface area contributed by atoms with Crippen LogP contribution in [0.3, 0.4) is 0 Å². The Bertz CT molecular complexity index is 1210.